The molecule has 0 N–H and O–H groups in total. The SMILES string of the molecule is [CH3][Bi]([CH3])[S]c1c(-c2ccccc2)cccc1-c1ccccc1. The van der Waals surface area contributed by atoms with Crippen LogP contribution in [0.2, 0.25) is 9.26 Å². The Bertz CT molecular complexity index is 678. The second kappa shape index (κ2) is 7.44. The number of hydrogen-bond donors (Lipinski definition) is 0. The summed E-state index contributed by atoms with van der Waals surface area (Å²) in [5.41, 5.74) is 5.37. The van der Waals surface area contributed by atoms with Gasteiger partial charge in [0.25, 0.3) is 0 Å². The van der Waals surface area contributed by atoms with E-state index >= 15 is 0 Å². The van der Waals surface area contributed by atoms with Crippen LogP contribution in [0.25, 0.3) is 22.3 Å². The van der Waals surface area contributed by atoms with Crippen LogP contribution in [0.5, 0.6) is 0 Å². The molecule has 0 aliphatic rings. The van der Waals surface area contributed by atoms with Gasteiger partial charge in [-0.15, -0.1) is 0 Å². The first kappa shape index (κ1) is 15.8. The molecule has 0 aromatic heterocycles. The molecule has 0 saturated carbocycles. The van der Waals surface area contributed by atoms with E-state index in [-0.39, 0.29) is 0 Å². The fourth-order valence-electron chi connectivity index (χ4n) is 2.51. The summed E-state index contributed by atoms with van der Waals surface area (Å²) in [5.74, 6) is 0. The molecule has 22 heavy (non-hydrogen) atoms. The van der Waals surface area contributed by atoms with E-state index in [2.05, 4.69) is 96.6 Å². The molecule has 0 nitrogen and oxygen atoms in total. The third-order valence-electron chi connectivity index (χ3n) is 3.46. The Kier molecular flexibility index (Phi) is 5.34. The van der Waals surface area contributed by atoms with Crippen molar-refractivity contribution in [1.82, 2.24) is 0 Å². The summed E-state index contributed by atoms with van der Waals surface area (Å²) < 4.78 is 4.91. The second-order valence-electron chi connectivity index (χ2n) is 5.32. The van der Waals surface area contributed by atoms with Gasteiger partial charge in [0.05, 0.1) is 0 Å². The van der Waals surface area contributed by atoms with Gasteiger partial charge in [0.1, 0.15) is 0 Å². The monoisotopic (exact) mass is 500 g/mol. The van der Waals surface area contributed by atoms with Gasteiger partial charge in [-0.05, 0) is 0 Å². The van der Waals surface area contributed by atoms with Gasteiger partial charge in [-0.3, -0.25) is 0 Å². The normalized spacial score (nSPS) is 10.9. The van der Waals surface area contributed by atoms with Crippen LogP contribution in [0, 0.1) is 0 Å². The fraction of sp³-hybridized carbons (Fsp3) is 0.100. The summed E-state index contributed by atoms with van der Waals surface area (Å²) in [5, 5.41) is 0. The molecule has 0 heterocycles. The van der Waals surface area contributed by atoms with Crippen molar-refractivity contribution in [3.05, 3.63) is 78.9 Å². The van der Waals surface area contributed by atoms with Crippen LogP contribution in [0.3, 0.4) is 0 Å². The van der Waals surface area contributed by atoms with Gasteiger partial charge in [-0.25, -0.2) is 0 Å². The maximum absolute atomic E-state index is 2.45. The summed E-state index contributed by atoms with van der Waals surface area (Å²) in [6.07, 6.45) is 0. The van der Waals surface area contributed by atoms with Crippen molar-refractivity contribution >= 4 is 28.8 Å². The van der Waals surface area contributed by atoms with Crippen molar-refractivity contribution in [2.24, 2.45) is 0 Å². The zero-order valence-electron chi connectivity index (χ0n) is 12.9. The first-order valence-electron chi connectivity index (χ1n) is 7.35. The van der Waals surface area contributed by atoms with Crippen molar-refractivity contribution in [3.8, 4) is 22.3 Å². The van der Waals surface area contributed by atoms with Crippen LogP contribution >= 0.6 is 8.52 Å². The first-order valence-corrected chi connectivity index (χ1v) is 19.3. The molecule has 0 fully saturated rings. The molecular formula is C20H19BiS. The van der Waals surface area contributed by atoms with Crippen molar-refractivity contribution in [3.63, 3.8) is 0 Å². The van der Waals surface area contributed by atoms with Gasteiger partial charge in [-0.1, -0.05) is 0 Å². The van der Waals surface area contributed by atoms with E-state index in [1.54, 1.807) is 0 Å². The van der Waals surface area contributed by atoms with Crippen LogP contribution in [0.4, 0.5) is 0 Å². The predicted octanol–water partition coefficient (Wildman–Crippen LogP) is 6.36. The van der Waals surface area contributed by atoms with E-state index in [1.165, 1.54) is 27.1 Å². The quantitative estimate of drug-likeness (QED) is 0.376. The molecule has 3 aromatic carbocycles. The fourth-order valence-corrected chi connectivity index (χ4v) is 9.99. The molecule has 110 valence electrons. The van der Waals surface area contributed by atoms with Crippen LogP contribution in [-0.2, 0) is 0 Å². The summed E-state index contributed by atoms with van der Waals surface area (Å²) in [4.78, 5) is 1.46. The Hall–Kier alpha value is -1.11. The van der Waals surface area contributed by atoms with E-state index in [4.69, 9.17) is 0 Å². The van der Waals surface area contributed by atoms with Crippen LogP contribution in [0.1, 0.15) is 0 Å². The van der Waals surface area contributed by atoms with E-state index < -0.39 is 20.3 Å². The summed E-state index contributed by atoms with van der Waals surface area (Å²) in [6.45, 7) is 0. The van der Waals surface area contributed by atoms with E-state index in [1.807, 2.05) is 0 Å². The Balaban J connectivity index is 2.19. The molecule has 2 heteroatoms. The van der Waals surface area contributed by atoms with Gasteiger partial charge in [0.15, 0.2) is 0 Å². The molecule has 0 amide bonds. The third kappa shape index (κ3) is 3.62. The number of hydrogen-bond acceptors (Lipinski definition) is 1. The van der Waals surface area contributed by atoms with Crippen molar-refractivity contribution in [1.29, 1.82) is 0 Å². The number of benzene rings is 3. The van der Waals surface area contributed by atoms with E-state index in [0.29, 0.717) is 0 Å². The number of rotatable bonds is 4. The third-order valence-corrected chi connectivity index (χ3v) is 10.8. The van der Waals surface area contributed by atoms with Crippen LogP contribution in [0.15, 0.2) is 83.8 Å². The minimum absolute atomic E-state index is 1.31. The Labute approximate surface area is 143 Å². The second-order valence-corrected chi connectivity index (χ2v) is 20.8. The minimum atomic E-state index is -1.41. The molecule has 3 aromatic rings. The van der Waals surface area contributed by atoms with Gasteiger partial charge in [0.2, 0.25) is 0 Å². The van der Waals surface area contributed by atoms with Gasteiger partial charge in [-0.2, -0.15) is 0 Å². The molecule has 0 radical (unpaired) electrons. The van der Waals surface area contributed by atoms with Crippen LogP contribution in [-0.4, -0.2) is 20.3 Å². The molecule has 0 saturated heterocycles. The summed E-state index contributed by atoms with van der Waals surface area (Å²) in [7, 11) is 2.15. The van der Waals surface area contributed by atoms with Gasteiger partial charge in [0, 0.05) is 0 Å². The Morgan fingerprint density at radius 2 is 1.05 bits per heavy atom. The van der Waals surface area contributed by atoms with Gasteiger partial charge < -0.3 is 0 Å². The maximum atomic E-state index is 2.45. The Morgan fingerprint density at radius 3 is 1.45 bits per heavy atom. The van der Waals surface area contributed by atoms with Crippen molar-refractivity contribution < 1.29 is 0 Å². The van der Waals surface area contributed by atoms with Crippen molar-refractivity contribution in [2.45, 2.75) is 14.2 Å². The molecule has 3 rings (SSSR count). The zero-order chi connectivity index (χ0) is 15.4. The zero-order valence-corrected chi connectivity index (χ0v) is 17.2. The molecule has 0 aliphatic heterocycles. The van der Waals surface area contributed by atoms with Gasteiger partial charge >= 0.3 is 144 Å². The van der Waals surface area contributed by atoms with Crippen LogP contribution < -0.4 is 0 Å². The topological polar surface area (TPSA) is 0 Å². The average molecular weight is 500 g/mol. The molecule has 0 bridgehead atoms. The molecule has 0 unspecified atom stereocenters. The molecular weight excluding hydrogens is 481 g/mol. The summed E-state index contributed by atoms with van der Waals surface area (Å²) in [6, 6.07) is 28.2. The molecule has 0 aliphatic carbocycles. The Morgan fingerprint density at radius 1 is 0.591 bits per heavy atom. The van der Waals surface area contributed by atoms with E-state index in [9.17, 15) is 0 Å². The molecule has 0 atom stereocenters. The molecule has 0 spiro atoms. The standard InChI is InChI=1S/C18H14S.2CH3.Bi/c19-18-16(14-8-3-1-4-9-14)12-7-13-17(18)15-10-5-2-6-11-15;;;/h1-13,19H;2*1H3;/q;;;+1/p-1. The van der Waals surface area contributed by atoms with E-state index in [0.717, 1.165) is 0 Å². The predicted molar refractivity (Wildman–Crippen MR) is 101 cm³/mol. The average Bonchev–Trinajstić information content (AvgIpc) is 2.56. The summed E-state index contributed by atoms with van der Waals surface area (Å²) >= 11 is -1.41. The first-order chi connectivity index (χ1) is 10.8. The van der Waals surface area contributed by atoms with Crippen molar-refractivity contribution in [2.75, 3.05) is 0 Å².